The van der Waals surface area contributed by atoms with Crippen LogP contribution in [0.15, 0.2) is 30.3 Å². The molecule has 2 rings (SSSR count). The molecule has 1 aliphatic rings. The van der Waals surface area contributed by atoms with E-state index in [9.17, 15) is 14.9 Å². The highest BCUT2D eigenvalue weighted by Gasteiger charge is 2.47. The molecule has 3 atom stereocenters. The van der Waals surface area contributed by atoms with Gasteiger partial charge >= 0.3 is 5.97 Å². The minimum Gasteiger partial charge on any atom is -0.469 e. The maximum absolute atomic E-state index is 11.3. The lowest BCUT2D eigenvalue weighted by molar-refractivity contribution is -0.535. The van der Waals surface area contributed by atoms with E-state index in [-0.39, 0.29) is 18.0 Å². The van der Waals surface area contributed by atoms with E-state index < -0.39 is 24.0 Å². The second kappa shape index (κ2) is 5.79. The number of carbonyl (C=O) groups is 1. The first-order valence-corrected chi connectivity index (χ1v) is 6.00. The predicted octanol–water partition coefficient (Wildman–Crippen LogP) is 1.58. The van der Waals surface area contributed by atoms with Gasteiger partial charge in [0.25, 0.3) is 0 Å². The zero-order valence-corrected chi connectivity index (χ0v) is 10.5. The van der Waals surface area contributed by atoms with Crippen LogP contribution in [-0.2, 0) is 14.3 Å². The summed E-state index contributed by atoms with van der Waals surface area (Å²) < 4.78 is 10.1. The molecule has 0 unspecified atom stereocenters. The van der Waals surface area contributed by atoms with Gasteiger partial charge in [-0.2, -0.15) is 0 Å². The Kier molecular flexibility index (Phi) is 4.11. The van der Waals surface area contributed by atoms with Gasteiger partial charge in [-0.05, 0) is 5.56 Å². The molecule has 1 aromatic rings. The third-order valence-electron chi connectivity index (χ3n) is 3.31. The SMILES string of the molecule is COC(=O)C[C@@H]1CO[C@@H](c2ccccc2)[C@@H]1[N+](=O)[O-]. The van der Waals surface area contributed by atoms with Crippen molar-refractivity contribution in [2.45, 2.75) is 18.6 Å². The highest BCUT2D eigenvalue weighted by Crippen LogP contribution is 2.36. The van der Waals surface area contributed by atoms with Gasteiger partial charge in [-0.15, -0.1) is 0 Å². The van der Waals surface area contributed by atoms with Crippen molar-refractivity contribution in [3.8, 4) is 0 Å². The summed E-state index contributed by atoms with van der Waals surface area (Å²) >= 11 is 0. The van der Waals surface area contributed by atoms with Gasteiger partial charge < -0.3 is 9.47 Å². The molecule has 102 valence electrons. The number of hydrogen-bond acceptors (Lipinski definition) is 5. The molecular weight excluding hydrogens is 250 g/mol. The number of ether oxygens (including phenoxy) is 2. The van der Waals surface area contributed by atoms with Gasteiger partial charge in [0.05, 0.1) is 26.1 Å². The number of methoxy groups -OCH3 is 1. The molecule has 0 amide bonds. The van der Waals surface area contributed by atoms with Gasteiger partial charge in [-0.3, -0.25) is 14.9 Å². The van der Waals surface area contributed by atoms with E-state index in [0.717, 1.165) is 5.56 Å². The number of carbonyl (C=O) groups excluding carboxylic acids is 1. The van der Waals surface area contributed by atoms with Crippen LogP contribution in [0.5, 0.6) is 0 Å². The van der Waals surface area contributed by atoms with Crippen molar-refractivity contribution in [2.24, 2.45) is 5.92 Å². The molecule has 6 nitrogen and oxygen atoms in total. The smallest absolute Gasteiger partial charge is 0.306 e. The molecule has 0 N–H and O–H groups in total. The van der Waals surface area contributed by atoms with Crippen LogP contribution in [0.4, 0.5) is 0 Å². The molecule has 0 bridgehead atoms. The fourth-order valence-corrected chi connectivity index (χ4v) is 2.37. The first-order chi connectivity index (χ1) is 9.13. The van der Waals surface area contributed by atoms with Crippen molar-refractivity contribution >= 4 is 5.97 Å². The summed E-state index contributed by atoms with van der Waals surface area (Å²) in [7, 11) is 1.27. The predicted molar refractivity (Wildman–Crippen MR) is 66.0 cm³/mol. The van der Waals surface area contributed by atoms with E-state index >= 15 is 0 Å². The number of hydrogen-bond donors (Lipinski definition) is 0. The van der Waals surface area contributed by atoms with Crippen LogP contribution in [0.3, 0.4) is 0 Å². The third kappa shape index (κ3) is 2.90. The summed E-state index contributed by atoms with van der Waals surface area (Å²) in [5, 5.41) is 11.2. The minimum absolute atomic E-state index is 0.00544. The lowest BCUT2D eigenvalue weighted by Crippen LogP contribution is -2.31. The van der Waals surface area contributed by atoms with Crippen molar-refractivity contribution in [1.29, 1.82) is 0 Å². The van der Waals surface area contributed by atoms with Gasteiger partial charge in [0.1, 0.15) is 6.10 Å². The summed E-state index contributed by atoms with van der Waals surface area (Å²) in [5.74, 6) is -0.901. The normalized spacial score (nSPS) is 26.1. The topological polar surface area (TPSA) is 78.7 Å². The van der Waals surface area contributed by atoms with Crippen LogP contribution in [0, 0.1) is 16.0 Å². The lowest BCUT2D eigenvalue weighted by Gasteiger charge is -2.15. The van der Waals surface area contributed by atoms with E-state index in [1.54, 1.807) is 12.1 Å². The molecule has 6 heteroatoms. The molecular formula is C13H15NO5. The summed E-state index contributed by atoms with van der Waals surface area (Å²) in [5.41, 5.74) is 0.761. The highest BCUT2D eigenvalue weighted by atomic mass is 16.6. The van der Waals surface area contributed by atoms with Crippen molar-refractivity contribution in [3.05, 3.63) is 46.0 Å². The van der Waals surface area contributed by atoms with Crippen LogP contribution >= 0.6 is 0 Å². The molecule has 1 aliphatic heterocycles. The van der Waals surface area contributed by atoms with Crippen LogP contribution in [0.2, 0.25) is 0 Å². The van der Waals surface area contributed by atoms with Crippen molar-refractivity contribution in [2.75, 3.05) is 13.7 Å². The van der Waals surface area contributed by atoms with Crippen molar-refractivity contribution < 1.29 is 19.2 Å². The van der Waals surface area contributed by atoms with Crippen LogP contribution < -0.4 is 0 Å². The maximum atomic E-state index is 11.3. The Labute approximate surface area is 110 Å². The van der Waals surface area contributed by atoms with Gasteiger partial charge in [-0.1, -0.05) is 30.3 Å². The molecule has 0 aromatic heterocycles. The molecule has 0 spiro atoms. The Bertz CT molecular complexity index is 461. The Morgan fingerprint density at radius 1 is 1.47 bits per heavy atom. The molecule has 1 heterocycles. The first-order valence-electron chi connectivity index (χ1n) is 6.00. The molecule has 1 saturated heterocycles. The zero-order valence-electron chi connectivity index (χ0n) is 10.5. The molecule has 0 aliphatic carbocycles. The zero-order chi connectivity index (χ0) is 13.8. The molecule has 1 aromatic carbocycles. The van der Waals surface area contributed by atoms with Crippen molar-refractivity contribution in [3.63, 3.8) is 0 Å². The summed E-state index contributed by atoms with van der Waals surface area (Å²) in [6.45, 7) is 0.195. The molecule has 0 saturated carbocycles. The van der Waals surface area contributed by atoms with Gasteiger partial charge in [0.2, 0.25) is 6.04 Å². The van der Waals surface area contributed by atoms with Crippen molar-refractivity contribution in [1.82, 2.24) is 0 Å². The quantitative estimate of drug-likeness (QED) is 0.469. The fourth-order valence-electron chi connectivity index (χ4n) is 2.37. The number of benzene rings is 1. The second-order valence-electron chi connectivity index (χ2n) is 4.48. The number of nitrogens with zero attached hydrogens (tertiary/aromatic N) is 1. The van der Waals surface area contributed by atoms with Gasteiger partial charge in [-0.25, -0.2) is 0 Å². The maximum Gasteiger partial charge on any atom is 0.306 e. The fraction of sp³-hybridized carbons (Fsp3) is 0.462. The summed E-state index contributed by atoms with van der Waals surface area (Å²) in [6, 6.07) is 8.13. The summed E-state index contributed by atoms with van der Waals surface area (Å²) in [6.07, 6.45) is -0.600. The minimum atomic E-state index is -0.915. The van der Waals surface area contributed by atoms with E-state index in [1.165, 1.54) is 7.11 Å². The lowest BCUT2D eigenvalue weighted by atomic mass is 9.92. The van der Waals surface area contributed by atoms with Gasteiger partial charge in [0, 0.05) is 4.92 Å². The van der Waals surface area contributed by atoms with Crippen LogP contribution in [0.1, 0.15) is 18.1 Å². The van der Waals surface area contributed by atoms with Crippen LogP contribution in [0.25, 0.3) is 0 Å². The van der Waals surface area contributed by atoms with E-state index in [0.29, 0.717) is 0 Å². The second-order valence-corrected chi connectivity index (χ2v) is 4.48. The number of esters is 1. The van der Waals surface area contributed by atoms with E-state index in [4.69, 9.17) is 4.74 Å². The molecule has 0 radical (unpaired) electrons. The Balaban J connectivity index is 2.18. The first kappa shape index (κ1) is 13.5. The standard InChI is InChI=1S/C13H15NO5/c1-18-11(15)7-10-8-19-13(12(10)14(16)17)9-5-3-2-4-6-9/h2-6,10,12-13H,7-8H2,1H3/t10-,12-,13+/m1/s1. The third-order valence-corrected chi connectivity index (χ3v) is 3.31. The average Bonchev–Trinajstić information content (AvgIpc) is 2.83. The highest BCUT2D eigenvalue weighted by molar-refractivity contribution is 5.69. The van der Waals surface area contributed by atoms with E-state index in [2.05, 4.69) is 4.74 Å². The molecule has 19 heavy (non-hydrogen) atoms. The number of rotatable bonds is 4. The largest absolute Gasteiger partial charge is 0.469 e. The Morgan fingerprint density at radius 3 is 2.74 bits per heavy atom. The Hall–Kier alpha value is -1.95. The van der Waals surface area contributed by atoms with E-state index in [1.807, 2.05) is 18.2 Å². The number of nitro groups is 1. The average molecular weight is 265 g/mol. The monoisotopic (exact) mass is 265 g/mol. The Morgan fingerprint density at radius 2 is 2.16 bits per heavy atom. The van der Waals surface area contributed by atoms with Crippen LogP contribution in [-0.4, -0.2) is 30.7 Å². The summed E-state index contributed by atoms with van der Waals surface area (Å²) in [4.78, 5) is 22.2. The molecule has 1 fully saturated rings. The van der Waals surface area contributed by atoms with Gasteiger partial charge in [0.15, 0.2) is 0 Å².